The highest BCUT2D eigenvalue weighted by Crippen LogP contribution is 2.34. The van der Waals surface area contributed by atoms with Crippen molar-refractivity contribution in [1.29, 1.82) is 0 Å². The maximum Gasteiger partial charge on any atom is 0.161 e. The lowest BCUT2D eigenvalue weighted by atomic mass is 10.1. The molecule has 2 rings (SSSR count). The third-order valence-corrected chi connectivity index (χ3v) is 3.01. The van der Waals surface area contributed by atoms with Gasteiger partial charge in [-0.3, -0.25) is 0 Å². The molecule has 90 valence electrons. The van der Waals surface area contributed by atoms with Gasteiger partial charge in [0, 0.05) is 5.56 Å². The molecule has 0 radical (unpaired) electrons. The zero-order valence-corrected chi connectivity index (χ0v) is 11.5. The molecule has 2 aromatic rings. The van der Waals surface area contributed by atoms with E-state index in [9.17, 15) is 0 Å². The summed E-state index contributed by atoms with van der Waals surface area (Å²) >= 11 is 3.45. The average molecular weight is 297 g/mol. The standard InChI is InChI=1S/C12H13BrN2O2/c1-7-14-11(12(13)15-7)8-4-5-9(16-2)10(6-8)17-3/h4-6H,1-3H3,(H,14,15). The number of hydrogen-bond donors (Lipinski definition) is 1. The molecule has 1 aromatic carbocycles. The van der Waals surface area contributed by atoms with E-state index in [1.54, 1.807) is 14.2 Å². The Hall–Kier alpha value is -1.49. The molecule has 0 unspecified atom stereocenters. The van der Waals surface area contributed by atoms with Gasteiger partial charge in [0.2, 0.25) is 0 Å². The molecule has 1 heterocycles. The van der Waals surface area contributed by atoms with Crippen LogP contribution in [0.2, 0.25) is 0 Å². The summed E-state index contributed by atoms with van der Waals surface area (Å²) in [5, 5.41) is 0. The van der Waals surface area contributed by atoms with Gasteiger partial charge in [0.25, 0.3) is 0 Å². The van der Waals surface area contributed by atoms with Crippen molar-refractivity contribution in [1.82, 2.24) is 9.97 Å². The SMILES string of the molecule is COc1ccc(-c2nc(C)[nH]c2Br)cc1OC. The predicted octanol–water partition coefficient (Wildman–Crippen LogP) is 3.16. The molecule has 0 amide bonds. The van der Waals surface area contributed by atoms with E-state index in [1.165, 1.54) is 0 Å². The Balaban J connectivity index is 2.50. The Labute approximate surface area is 108 Å². The normalized spacial score (nSPS) is 10.4. The van der Waals surface area contributed by atoms with Gasteiger partial charge in [-0.1, -0.05) is 0 Å². The van der Waals surface area contributed by atoms with Crippen molar-refractivity contribution >= 4 is 15.9 Å². The number of ether oxygens (including phenoxy) is 2. The van der Waals surface area contributed by atoms with E-state index in [0.717, 1.165) is 21.7 Å². The van der Waals surface area contributed by atoms with Crippen molar-refractivity contribution in [2.45, 2.75) is 6.92 Å². The van der Waals surface area contributed by atoms with E-state index in [1.807, 2.05) is 25.1 Å². The Morgan fingerprint density at radius 2 is 1.88 bits per heavy atom. The number of methoxy groups -OCH3 is 2. The molecule has 0 aliphatic heterocycles. The van der Waals surface area contributed by atoms with Crippen LogP contribution in [-0.2, 0) is 0 Å². The van der Waals surface area contributed by atoms with Gasteiger partial charge in [-0.25, -0.2) is 4.98 Å². The quantitative estimate of drug-likeness (QED) is 0.946. The number of H-pyrrole nitrogens is 1. The minimum atomic E-state index is 0.692. The summed E-state index contributed by atoms with van der Waals surface area (Å²) < 4.78 is 11.3. The molecule has 0 aliphatic carbocycles. The molecule has 1 aromatic heterocycles. The molecule has 0 atom stereocenters. The molecule has 0 saturated heterocycles. The predicted molar refractivity (Wildman–Crippen MR) is 69.6 cm³/mol. The van der Waals surface area contributed by atoms with Crippen LogP contribution in [0.15, 0.2) is 22.8 Å². The fourth-order valence-corrected chi connectivity index (χ4v) is 2.24. The van der Waals surface area contributed by atoms with E-state index in [0.29, 0.717) is 11.5 Å². The topological polar surface area (TPSA) is 47.1 Å². The Morgan fingerprint density at radius 3 is 2.41 bits per heavy atom. The Kier molecular flexibility index (Phi) is 3.38. The first-order valence-electron chi connectivity index (χ1n) is 5.10. The minimum absolute atomic E-state index is 0.692. The number of aromatic nitrogens is 2. The molecule has 4 nitrogen and oxygen atoms in total. The smallest absolute Gasteiger partial charge is 0.161 e. The van der Waals surface area contributed by atoms with Gasteiger partial charge in [0.1, 0.15) is 16.1 Å². The van der Waals surface area contributed by atoms with Gasteiger partial charge in [0.05, 0.1) is 14.2 Å². The van der Waals surface area contributed by atoms with Crippen molar-refractivity contribution in [2.24, 2.45) is 0 Å². The number of aryl methyl sites for hydroxylation is 1. The molecule has 0 spiro atoms. The van der Waals surface area contributed by atoms with Crippen LogP contribution in [0, 0.1) is 6.92 Å². The molecule has 0 aliphatic rings. The number of hydrogen-bond acceptors (Lipinski definition) is 3. The summed E-state index contributed by atoms with van der Waals surface area (Å²) in [6.45, 7) is 1.91. The number of rotatable bonds is 3. The molecular formula is C12H13BrN2O2. The van der Waals surface area contributed by atoms with Crippen LogP contribution in [0.3, 0.4) is 0 Å². The maximum absolute atomic E-state index is 5.27. The largest absolute Gasteiger partial charge is 0.493 e. The van der Waals surface area contributed by atoms with Gasteiger partial charge < -0.3 is 14.5 Å². The van der Waals surface area contributed by atoms with E-state index in [4.69, 9.17) is 9.47 Å². The monoisotopic (exact) mass is 296 g/mol. The van der Waals surface area contributed by atoms with Crippen molar-refractivity contribution in [2.75, 3.05) is 14.2 Å². The van der Waals surface area contributed by atoms with Crippen LogP contribution in [0.25, 0.3) is 11.3 Å². The van der Waals surface area contributed by atoms with Crippen molar-refractivity contribution in [3.05, 3.63) is 28.6 Å². The first kappa shape index (κ1) is 12.0. The molecule has 0 fully saturated rings. The highest BCUT2D eigenvalue weighted by Gasteiger charge is 2.11. The highest BCUT2D eigenvalue weighted by molar-refractivity contribution is 9.10. The third kappa shape index (κ3) is 2.29. The Morgan fingerprint density at radius 1 is 1.18 bits per heavy atom. The van der Waals surface area contributed by atoms with Crippen molar-refractivity contribution in [3.63, 3.8) is 0 Å². The fraction of sp³-hybridized carbons (Fsp3) is 0.250. The second-order valence-electron chi connectivity index (χ2n) is 3.55. The van der Waals surface area contributed by atoms with Crippen LogP contribution in [0.5, 0.6) is 11.5 Å². The molecule has 5 heteroatoms. The van der Waals surface area contributed by atoms with E-state index in [-0.39, 0.29) is 0 Å². The van der Waals surface area contributed by atoms with E-state index >= 15 is 0 Å². The van der Waals surface area contributed by atoms with Crippen molar-refractivity contribution < 1.29 is 9.47 Å². The van der Waals surface area contributed by atoms with Gasteiger partial charge in [-0.2, -0.15) is 0 Å². The number of nitrogens with zero attached hydrogens (tertiary/aromatic N) is 1. The lowest BCUT2D eigenvalue weighted by Gasteiger charge is -2.08. The van der Waals surface area contributed by atoms with Crippen LogP contribution >= 0.6 is 15.9 Å². The second kappa shape index (κ2) is 4.79. The molecule has 0 bridgehead atoms. The van der Waals surface area contributed by atoms with Crippen LogP contribution in [-0.4, -0.2) is 24.2 Å². The van der Waals surface area contributed by atoms with Gasteiger partial charge in [-0.15, -0.1) is 0 Å². The summed E-state index contributed by atoms with van der Waals surface area (Å²) in [4.78, 5) is 7.52. The molecule has 1 N–H and O–H groups in total. The number of imidazole rings is 1. The second-order valence-corrected chi connectivity index (χ2v) is 4.35. The van der Waals surface area contributed by atoms with E-state index in [2.05, 4.69) is 25.9 Å². The molecule has 0 saturated carbocycles. The van der Waals surface area contributed by atoms with E-state index < -0.39 is 0 Å². The summed E-state index contributed by atoms with van der Waals surface area (Å²) in [6, 6.07) is 5.71. The number of aromatic amines is 1. The zero-order chi connectivity index (χ0) is 12.4. The van der Waals surface area contributed by atoms with Crippen molar-refractivity contribution in [3.8, 4) is 22.8 Å². The number of benzene rings is 1. The molecular weight excluding hydrogens is 284 g/mol. The summed E-state index contributed by atoms with van der Waals surface area (Å²) in [6.07, 6.45) is 0. The molecule has 17 heavy (non-hydrogen) atoms. The van der Waals surface area contributed by atoms with Crippen LogP contribution in [0.1, 0.15) is 5.82 Å². The highest BCUT2D eigenvalue weighted by atomic mass is 79.9. The summed E-state index contributed by atoms with van der Waals surface area (Å²) in [7, 11) is 3.23. The number of halogens is 1. The zero-order valence-electron chi connectivity index (χ0n) is 9.87. The first-order chi connectivity index (χ1) is 8.15. The first-order valence-corrected chi connectivity index (χ1v) is 5.89. The Bertz CT molecular complexity index is 537. The van der Waals surface area contributed by atoms with Crippen LogP contribution in [0.4, 0.5) is 0 Å². The summed E-state index contributed by atoms with van der Waals surface area (Å²) in [5.41, 5.74) is 1.84. The fourth-order valence-electron chi connectivity index (χ4n) is 1.64. The summed E-state index contributed by atoms with van der Waals surface area (Å²) in [5.74, 6) is 2.26. The lowest BCUT2D eigenvalue weighted by molar-refractivity contribution is 0.355. The average Bonchev–Trinajstić information content (AvgIpc) is 2.67. The number of nitrogens with one attached hydrogen (secondary N) is 1. The minimum Gasteiger partial charge on any atom is -0.493 e. The van der Waals surface area contributed by atoms with Gasteiger partial charge >= 0.3 is 0 Å². The van der Waals surface area contributed by atoms with Crippen LogP contribution < -0.4 is 9.47 Å². The lowest BCUT2D eigenvalue weighted by Crippen LogP contribution is -1.91. The third-order valence-electron chi connectivity index (χ3n) is 2.44. The maximum atomic E-state index is 5.27. The van der Waals surface area contributed by atoms with Gasteiger partial charge in [-0.05, 0) is 41.1 Å². The van der Waals surface area contributed by atoms with Gasteiger partial charge in [0.15, 0.2) is 11.5 Å².